The van der Waals surface area contributed by atoms with Crippen LogP contribution < -0.4 is 18.9 Å². The first-order chi connectivity index (χ1) is 6.91. The molecule has 0 unspecified atom stereocenters. The van der Waals surface area contributed by atoms with E-state index in [1.807, 2.05) is 0 Å². The van der Waals surface area contributed by atoms with E-state index in [4.69, 9.17) is 9.47 Å². The van der Waals surface area contributed by atoms with Crippen molar-refractivity contribution >= 4 is 0 Å². The molecule has 3 heteroatoms. The molecule has 15 heavy (non-hydrogen) atoms. The van der Waals surface area contributed by atoms with Crippen molar-refractivity contribution in [3.8, 4) is 0 Å². The van der Waals surface area contributed by atoms with Gasteiger partial charge < -0.3 is 10.9 Å². The summed E-state index contributed by atoms with van der Waals surface area (Å²) in [5.74, 6) is 0. The summed E-state index contributed by atoms with van der Waals surface area (Å²) in [6.45, 7) is 6.37. The maximum Gasteiger partial charge on any atom is 1.00 e. The van der Waals surface area contributed by atoms with Crippen LogP contribution in [0.2, 0.25) is 0 Å². The molecule has 0 aliphatic heterocycles. The Labute approximate surface area is 108 Å². The summed E-state index contributed by atoms with van der Waals surface area (Å²) >= 11 is 0. The summed E-state index contributed by atoms with van der Waals surface area (Å²) in [7, 11) is 0. The molecule has 0 aromatic carbocycles. The molecule has 0 spiro atoms. The molecule has 0 aromatic rings. The van der Waals surface area contributed by atoms with E-state index < -0.39 is 0 Å². The van der Waals surface area contributed by atoms with Crippen LogP contribution in [0.4, 0.5) is 0 Å². The molecular weight excluding hydrogens is 183 g/mol. The van der Waals surface area contributed by atoms with E-state index in [2.05, 4.69) is 26.0 Å². The summed E-state index contributed by atoms with van der Waals surface area (Å²) in [6.07, 6.45) is 10.0. The quantitative estimate of drug-likeness (QED) is 0.227. The molecule has 86 valence electrons. The molecule has 0 radical (unpaired) electrons. The standard InChI is InChI=1S/C12H24O2.Li.H/c1-3-5-7-9-11-14-12-13-10-8-6-4-2;;/h5,7H,3-4,6,8-12H2,1-2H3;;/q;+1;-1/b7-5-;;. The van der Waals surface area contributed by atoms with Crippen molar-refractivity contribution in [2.45, 2.75) is 46.0 Å². The van der Waals surface area contributed by atoms with Gasteiger partial charge in [-0.3, -0.25) is 0 Å². The molecule has 0 saturated heterocycles. The first-order valence-corrected chi connectivity index (χ1v) is 5.72. The minimum absolute atomic E-state index is 0. The van der Waals surface area contributed by atoms with Gasteiger partial charge in [0.2, 0.25) is 0 Å². The summed E-state index contributed by atoms with van der Waals surface area (Å²) in [4.78, 5) is 0. The van der Waals surface area contributed by atoms with Crippen molar-refractivity contribution in [1.82, 2.24) is 0 Å². The normalized spacial score (nSPS) is 10.5. The van der Waals surface area contributed by atoms with Crippen LogP contribution in [0.15, 0.2) is 12.2 Å². The Balaban J connectivity index is -0.000000845. The third-order valence-electron chi connectivity index (χ3n) is 1.89. The molecule has 0 aliphatic carbocycles. The van der Waals surface area contributed by atoms with Crippen LogP contribution >= 0.6 is 0 Å². The second-order valence-electron chi connectivity index (χ2n) is 3.31. The van der Waals surface area contributed by atoms with Crippen LogP contribution in [0.3, 0.4) is 0 Å². The zero-order valence-electron chi connectivity index (χ0n) is 11.6. The number of rotatable bonds is 10. The van der Waals surface area contributed by atoms with Gasteiger partial charge in [0.15, 0.2) is 0 Å². The molecule has 0 heterocycles. The molecule has 0 aromatic heterocycles. The average molecular weight is 208 g/mol. The van der Waals surface area contributed by atoms with Gasteiger partial charge >= 0.3 is 18.9 Å². The fourth-order valence-electron chi connectivity index (χ4n) is 1.07. The van der Waals surface area contributed by atoms with Crippen molar-refractivity contribution in [1.29, 1.82) is 0 Å². The molecule has 0 rings (SSSR count). The van der Waals surface area contributed by atoms with Crippen molar-refractivity contribution in [3.63, 3.8) is 0 Å². The van der Waals surface area contributed by atoms with Crippen LogP contribution in [0.25, 0.3) is 0 Å². The van der Waals surface area contributed by atoms with Gasteiger partial charge in [-0.1, -0.05) is 38.8 Å². The van der Waals surface area contributed by atoms with Crippen molar-refractivity contribution in [2.75, 3.05) is 20.0 Å². The fourth-order valence-corrected chi connectivity index (χ4v) is 1.07. The van der Waals surface area contributed by atoms with Gasteiger partial charge in [-0.05, 0) is 19.3 Å². The second-order valence-corrected chi connectivity index (χ2v) is 3.31. The number of ether oxygens (including phenoxy) is 2. The number of hydrogen-bond donors (Lipinski definition) is 0. The largest absolute Gasteiger partial charge is 1.00 e. The van der Waals surface area contributed by atoms with Crippen molar-refractivity contribution in [3.05, 3.63) is 12.2 Å². The summed E-state index contributed by atoms with van der Waals surface area (Å²) in [5, 5.41) is 0. The van der Waals surface area contributed by atoms with Crippen LogP contribution in [0, 0.1) is 0 Å². The molecule has 0 fully saturated rings. The number of allylic oxidation sites excluding steroid dienone is 1. The molecule has 0 atom stereocenters. The second kappa shape index (κ2) is 16.7. The molecule has 0 amide bonds. The Morgan fingerprint density at radius 2 is 1.73 bits per heavy atom. The molecule has 0 bridgehead atoms. The van der Waals surface area contributed by atoms with E-state index in [1.54, 1.807) is 0 Å². The minimum Gasteiger partial charge on any atom is -1.00 e. The topological polar surface area (TPSA) is 18.5 Å². The zero-order chi connectivity index (χ0) is 10.5. The van der Waals surface area contributed by atoms with Crippen LogP contribution in [-0.4, -0.2) is 20.0 Å². The van der Waals surface area contributed by atoms with E-state index >= 15 is 0 Å². The number of hydrogen-bond acceptors (Lipinski definition) is 2. The van der Waals surface area contributed by atoms with Gasteiger partial charge in [-0.15, -0.1) is 0 Å². The molecule has 2 nitrogen and oxygen atoms in total. The first-order valence-electron chi connectivity index (χ1n) is 5.72. The van der Waals surface area contributed by atoms with Gasteiger partial charge in [-0.2, -0.15) is 0 Å². The third-order valence-corrected chi connectivity index (χ3v) is 1.89. The molecule has 0 saturated carbocycles. The van der Waals surface area contributed by atoms with Gasteiger partial charge in [0, 0.05) is 6.61 Å². The predicted molar refractivity (Wildman–Crippen MR) is 61.5 cm³/mol. The predicted octanol–water partition coefficient (Wildman–Crippen LogP) is 0.640. The smallest absolute Gasteiger partial charge is 1.00 e. The van der Waals surface area contributed by atoms with E-state index in [-0.39, 0.29) is 20.3 Å². The van der Waals surface area contributed by atoms with E-state index in [0.717, 1.165) is 32.5 Å². The Hall–Kier alpha value is 0.257. The van der Waals surface area contributed by atoms with Crippen LogP contribution in [0.1, 0.15) is 47.4 Å². The summed E-state index contributed by atoms with van der Waals surface area (Å²) in [6, 6.07) is 0. The van der Waals surface area contributed by atoms with Crippen LogP contribution in [-0.2, 0) is 9.47 Å². The van der Waals surface area contributed by atoms with E-state index in [0.29, 0.717) is 6.79 Å². The average Bonchev–Trinajstić information content (AvgIpc) is 2.21. The molecular formula is C12H25LiO2. The maximum absolute atomic E-state index is 5.30. The minimum atomic E-state index is 0. The Morgan fingerprint density at radius 3 is 2.40 bits per heavy atom. The van der Waals surface area contributed by atoms with Gasteiger partial charge in [0.25, 0.3) is 0 Å². The van der Waals surface area contributed by atoms with E-state index in [9.17, 15) is 0 Å². The maximum atomic E-state index is 5.30. The molecule has 0 aliphatic rings. The first kappa shape index (κ1) is 17.6. The Bertz CT molecular complexity index is 132. The van der Waals surface area contributed by atoms with Crippen molar-refractivity contribution < 1.29 is 29.8 Å². The van der Waals surface area contributed by atoms with Crippen LogP contribution in [0.5, 0.6) is 0 Å². The fraction of sp³-hybridized carbons (Fsp3) is 0.833. The summed E-state index contributed by atoms with van der Waals surface area (Å²) < 4.78 is 10.6. The Kier molecular flexibility index (Phi) is 19.6. The zero-order valence-corrected chi connectivity index (χ0v) is 10.6. The van der Waals surface area contributed by atoms with Gasteiger partial charge in [0.05, 0.1) is 6.61 Å². The van der Waals surface area contributed by atoms with Gasteiger partial charge in [0.1, 0.15) is 6.79 Å². The molecule has 0 N–H and O–H groups in total. The van der Waals surface area contributed by atoms with Gasteiger partial charge in [-0.25, -0.2) is 0 Å². The van der Waals surface area contributed by atoms with E-state index in [1.165, 1.54) is 12.8 Å². The summed E-state index contributed by atoms with van der Waals surface area (Å²) in [5.41, 5.74) is 0. The monoisotopic (exact) mass is 208 g/mol. The van der Waals surface area contributed by atoms with Crippen molar-refractivity contribution in [2.24, 2.45) is 0 Å². The Morgan fingerprint density at radius 1 is 1.00 bits per heavy atom. The third kappa shape index (κ3) is 16.9. The SMILES string of the molecule is CC/C=C\CCOCOCCCCC.[H-].[Li+]. The number of unbranched alkanes of at least 4 members (excludes halogenated alkanes) is 2.